The van der Waals surface area contributed by atoms with Crippen molar-refractivity contribution in [2.45, 2.75) is 75.8 Å². The van der Waals surface area contributed by atoms with Crippen molar-refractivity contribution >= 4 is 28.5 Å². The first-order chi connectivity index (χ1) is 13.2. The van der Waals surface area contributed by atoms with Crippen LogP contribution in [0.2, 0.25) is 5.15 Å². The zero-order chi connectivity index (χ0) is 18.8. The Kier molecular flexibility index (Phi) is 5.82. The molecular formula is C19H27ClN4O3. The summed E-state index contributed by atoms with van der Waals surface area (Å²) in [7, 11) is 0. The lowest BCUT2D eigenvalue weighted by Gasteiger charge is -2.22. The van der Waals surface area contributed by atoms with Gasteiger partial charge in [0.15, 0.2) is 11.9 Å². The van der Waals surface area contributed by atoms with Crippen LogP contribution in [0.15, 0.2) is 12.4 Å². The summed E-state index contributed by atoms with van der Waals surface area (Å²) in [6.07, 6.45) is 8.97. The molecule has 4 rings (SSSR count). The van der Waals surface area contributed by atoms with Gasteiger partial charge in [-0.25, -0.2) is 9.97 Å². The number of imidazole rings is 1. The van der Waals surface area contributed by atoms with Crippen LogP contribution in [0.1, 0.15) is 57.6 Å². The lowest BCUT2D eigenvalue weighted by atomic mass is 9.96. The molecule has 2 fully saturated rings. The lowest BCUT2D eigenvalue weighted by Crippen LogP contribution is -2.21. The number of aliphatic hydroxyl groups is 2. The summed E-state index contributed by atoms with van der Waals surface area (Å²) in [6, 6.07) is 2.23. The fourth-order valence-corrected chi connectivity index (χ4v) is 4.38. The van der Waals surface area contributed by atoms with Gasteiger partial charge in [0.25, 0.3) is 0 Å². The minimum atomic E-state index is -0.720. The zero-order valence-electron chi connectivity index (χ0n) is 15.4. The number of nitrogens with zero attached hydrogens (tertiary/aromatic N) is 3. The number of halogens is 1. The highest BCUT2D eigenvalue weighted by Crippen LogP contribution is 2.34. The summed E-state index contributed by atoms with van der Waals surface area (Å²) in [6.45, 7) is -0.122. The standard InChI is InChI=1S/C19H27ClN4O3/c20-16-9-14(22-12-6-4-2-1-3-5-7-12)17-18(23-16)24(11-21-17)19-15(26)8-13(10-25)27-19/h9,11-13,15,19,25-26H,1-8,10H2,(H,22,23)/t13-,15+,19+/m0/s1. The van der Waals surface area contributed by atoms with E-state index in [1.54, 1.807) is 10.9 Å². The van der Waals surface area contributed by atoms with E-state index in [1.807, 2.05) is 6.07 Å². The monoisotopic (exact) mass is 394 g/mol. The first kappa shape index (κ1) is 18.9. The van der Waals surface area contributed by atoms with Crippen molar-refractivity contribution in [2.75, 3.05) is 11.9 Å². The van der Waals surface area contributed by atoms with Crippen LogP contribution in [-0.4, -0.2) is 49.6 Å². The average molecular weight is 395 g/mol. The van der Waals surface area contributed by atoms with Crippen molar-refractivity contribution < 1.29 is 14.9 Å². The van der Waals surface area contributed by atoms with Gasteiger partial charge < -0.3 is 20.3 Å². The topological polar surface area (TPSA) is 92.4 Å². The molecule has 1 saturated carbocycles. The molecule has 0 unspecified atom stereocenters. The van der Waals surface area contributed by atoms with Gasteiger partial charge in [0.2, 0.25) is 0 Å². The van der Waals surface area contributed by atoms with Crippen LogP contribution in [0, 0.1) is 0 Å². The maximum absolute atomic E-state index is 10.3. The summed E-state index contributed by atoms with van der Waals surface area (Å²) in [5.74, 6) is 0. The zero-order valence-corrected chi connectivity index (χ0v) is 16.1. The van der Waals surface area contributed by atoms with Crippen molar-refractivity contribution in [2.24, 2.45) is 0 Å². The fraction of sp³-hybridized carbons (Fsp3) is 0.684. The van der Waals surface area contributed by atoms with Gasteiger partial charge >= 0.3 is 0 Å². The molecule has 0 amide bonds. The van der Waals surface area contributed by atoms with E-state index in [0.29, 0.717) is 23.3 Å². The van der Waals surface area contributed by atoms with Gasteiger partial charge in [-0.1, -0.05) is 43.7 Å². The minimum absolute atomic E-state index is 0.122. The Balaban J connectivity index is 1.62. The van der Waals surface area contributed by atoms with Gasteiger partial charge in [0.05, 0.1) is 24.7 Å². The fourth-order valence-electron chi connectivity index (χ4n) is 4.19. The second-order valence-electron chi connectivity index (χ2n) is 7.64. The van der Waals surface area contributed by atoms with Crippen molar-refractivity contribution in [3.05, 3.63) is 17.5 Å². The molecule has 27 heavy (non-hydrogen) atoms. The molecule has 3 atom stereocenters. The van der Waals surface area contributed by atoms with Gasteiger partial charge in [0.1, 0.15) is 16.8 Å². The van der Waals surface area contributed by atoms with E-state index in [9.17, 15) is 10.2 Å². The molecule has 0 radical (unpaired) electrons. The normalized spacial score (nSPS) is 27.6. The number of pyridine rings is 1. The second kappa shape index (κ2) is 8.31. The largest absolute Gasteiger partial charge is 0.394 e. The van der Waals surface area contributed by atoms with Crippen molar-refractivity contribution in [3.63, 3.8) is 0 Å². The number of fused-ring (bicyclic) bond motifs is 1. The molecule has 0 aromatic carbocycles. The van der Waals surface area contributed by atoms with E-state index < -0.39 is 12.3 Å². The molecule has 8 heteroatoms. The molecule has 7 nitrogen and oxygen atoms in total. The van der Waals surface area contributed by atoms with Gasteiger partial charge in [-0.3, -0.25) is 4.57 Å². The maximum atomic E-state index is 10.3. The summed E-state index contributed by atoms with van der Waals surface area (Å²) in [5.41, 5.74) is 2.18. The third kappa shape index (κ3) is 4.06. The second-order valence-corrected chi connectivity index (χ2v) is 8.02. The number of nitrogens with one attached hydrogen (secondary N) is 1. The molecule has 2 aromatic heterocycles. The molecule has 1 aliphatic heterocycles. The van der Waals surface area contributed by atoms with Crippen LogP contribution < -0.4 is 5.32 Å². The Morgan fingerprint density at radius 3 is 2.67 bits per heavy atom. The van der Waals surface area contributed by atoms with Gasteiger partial charge in [-0.05, 0) is 12.8 Å². The highest BCUT2D eigenvalue weighted by Gasteiger charge is 2.36. The Labute approximate surface area is 163 Å². The van der Waals surface area contributed by atoms with Gasteiger partial charge in [-0.2, -0.15) is 0 Å². The Bertz CT molecular complexity index is 776. The van der Waals surface area contributed by atoms with E-state index in [1.165, 1.54) is 32.1 Å². The predicted octanol–water partition coefficient (Wildman–Crippen LogP) is 3.25. The van der Waals surface area contributed by atoms with Crippen LogP contribution in [0.25, 0.3) is 11.2 Å². The Morgan fingerprint density at radius 1 is 1.22 bits per heavy atom. The molecule has 3 heterocycles. The highest BCUT2D eigenvalue weighted by atomic mass is 35.5. The summed E-state index contributed by atoms with van der Waals surface area (Å²) < 4.78 is 7.47. The number of aliphatic hydroxyl groups excluding tert-OH is 2. The molecule has 1 aliphatic carbocycles. The highest BCUT2D eigenvalue weighted by molar-refractivity contribution is 6.30. The van der Waals surface area contributed by atoms with Crippen molar-refractivity contribution in [1.82, 2.24) is 14.5 Å². The van der Waals surface area contributed by atoms with E-state index >= 15 is 0 Å². The number of ether oxygens (including phenoxy) is 1. The van der Waals surface area contributed by atoms with Crippen LogP contribution in [0.4, 0.5) is 5.69 Å². The van der Waals surface area contributed by atoms with E-state index in [2.05, 4.69) is 15.3 Å². The SMILES string of the molecule is OC[C@@H]1C[C@@H](O)[C@H](n2cnc3c(NC4CCCCCCC4)cc(Cl)nc32)O1. The quantitative estimate of drug-likeness (QED) is 0.689. The number of hydrogen-bond donors (Lipinski definition) is 3. The van der Waals surface area contributed by atoms with Crippen LogP contribution in [-0.2, 0) is 4.74 Å². The molecule has 2 aromatic rings. The smallest absolute Gasteiger partial charge is 0.165 e. The molecule has 1 saturated heterocycles. The summed E-state index contributed by atoms with van der Waals surface area (Å²) in [4.78, 5) is 8.95. The van der Waals surface area contributed by atoms with Gasteiger partial charge in [-0.15, -0.1) is 0 Å². The number of anilines is 1. The molecule has 2 aliphatic rings. The Hall–Kier alpha value is -1.41. The van der Waals surface area contributed by atoms with E-state index in [0.717, 1.165) is 24.0 Å². The third-order valence-electron chi connectivity index (χ3n) is 5.61. The van der Waals surface area contributed by atoms with E-state index in [-0.39, 0.29) is 12.7 Å². The molecule has 3 N–H and O–H groups in total. The maximum Gasteiger partial charge on any atom is 0.165 e. The molecule has 0 bridgehead atoms. The average Bonchev–Trinajstić information content (AvgIpc) is 3.20. The molecule has 0 spiro atoms. The molecule has 148 valence electrons. The van der Waals surface area contributed by atoms with Crippen LogP contribution in [0.3, 0.4) is 0 Å². The first-order valence-electron chi connectivity index (χ1n) is 9.89. The summed E-state index contributed by atoms with van der Waals surface area (Å²) in [5, 5.41) is 23.6. The van der Waals surface area contributed by atoms with Crippen molar-refractivity contribution in [1.29, 1.82) is 0 Å². The number of hydrogen-bond acceptors (Lipinski definition) is 6. The number of rotatable bonds is 4. The van der Waals surface area contributed by atoms with Crippen LogP contribution >= 0.6 is 11.6 Å². The Morgan fingerprint density at radius 2 is 1.96 bits per heavy atom. The third-order valence-corrected chi connectivity index (χ3v) is 5.80. The van der Waals surface area contributed by atoms with Gasteiger partial charge in [0, 0.05) is 18.5 Å². The number of aromatic nitrogens is 3. The summed E-state index contributed by atoms with van der Waals surface area (Å²) >= 11 is 6.29. The van der Waals surface area contributed by atoms with Crippen LogP contribution in [0.5, 0.6) is 0 Å². The first-order valence-corrected chi connectivity index (χ1v) is 10.3. The lowest BCUT2D eigenvalue weighted by molar-refractivity contribution is -0.0486. The van der Waals surface area contributed by atoms with E-state index in [4.69, 9.17) is 16.3 Å². The minimum Gasteiger partial charge on any atom is -0.394 e. The van der Waals surface area contributed by atoms with Crippen molar-refractivity contribution in [3.8, 4) is 0 Å². The predicted molar refractivity (Wildman–Crippen MR) is 104 cm³/mol. The molecular weight excluding hydrogens is 368 g/mol.